The molecule has 0 aromatic rings. The summed E-state index contributed by atoms with van der Waals surface area (Å²) in [6.07, 6.45) is 2.73. The molecule has 1 aliphatic heterocycles. The molecule has 0 aromatic carbocycles. The summed E-state index contributed by atoms with van der Waals surface area (Å²) in [6.45, 7) is 4.49. The summed E-state index contributed by atoms with van der Waals surface area (Å²) in [4.78, 5) is 2.05. The molecule has 0 radical (unpaired) electrons. The van der Waals surface area contributed by atoms with Crippen molar-refractivity contribution in [1.29, 1.82) is 0 Å². The van der Waals surface area contributed by atoms with E-state index in [1.807, 2.05) is 21.0 Å². The van der Waals surface area contributed by atoms with Crippen LogP contribution in [0.2, 0.25) is 0 Å². The van der Waals surface area contributed by atoms with Gasteiger partial charge in [0.2, 0.25) is 0 Å². The highest BCUT2D eigenvalue weighted by Crippen LogP contribution is 2.17. The molecule has 1 saturated heterocycles. The van der Waals surface area contributed by atoms with E-state index in [9.17, 15) is 8.42 Å². The molecule has 1 rings (SSSR count). The van der Waals surface area contributed by atoms with E-state index in [4.69, 9.17) is 5.73 Å². The van der Waals surface area contributed by atoms with Crippen molar-refractivity contribution in [1.82, 2.24) is 13.9 Å². The first-order valence-electron chi connectivity index (χ1n) is 6.97. The number of hydrogen-bond donors (Lipinski definition) is 2. The average molecular weight is 292 g/mol. The Bertz CT molecular complexity index is 359. The van der Waals surface area contributed by atoms with E-state index in [2.05, 4.69) is 9.62 Å². The van der Waals surface area contributed by atoms with E-state index in [0.29, 0.717) is 25.6 Å². The minimum atomic E-state index is -3.36. The predicted molar refractivity (Wildman–Crippen MR) is 78.0 cm³/mol. The molecule has 0 aromatic heterocycles. The first kappa shape index (κ1) is 16.8. The van der Waals surface area contributed by atoms with Crippen molar-refractivity contribution in [3.05, 3.63) is 0 Å². The summed E-state index contributed by atoms with van der Waals surface area (Å²) in [7, 11) is 0.603. The van der Waals surface area contributed by atoms with E-state index in [1.165, 1.54) is 0 Å². The lowest BCUT2D eigenvalue weighted by Crippen LogP contribution is -2.49. The fraction of sp³-hybridized carbons (Fsp3) is 1.00. The molecule has 6 nitrogen and oxygen atoms in total. The van der Waals surface area contributed by atoms with Crippen LogP contribution in [-0.2, 0) is 10.2 Å². The van der Waals surface area contributed by atoms with Crippen molar-refractivity contribution < 1.29 is 8.42 Å². The summed E-state index contributed by atoms with van der Waals surface area (Å²) >= 11 is 0. The molecule has 0 bridgehead atoms. The molecule has 0 spiro atoms. The Morgan fingerprint density at radius 1 is 1.47 bits per heavy atom. The molecule has 0 saturated carbocycles. The topological polar surface area (TPSA) is 78.7 Å². The van der Waals surface area contributed by atoms with Gasteiger partial charge >= 0.3 is 0 Å². The first-order valence-corrected chi connectivity index (χ1v) is 8.41. The van der Waals surface area contributed by atoms with Crippen LogP contribution in [-0.4, -0.2) is 63.9 Å². The van der Waals surface area contributed by atoms with Gasteiger partial charge in [0.25, 0.3) is 10.2 Å². The Balaban J connectivity index is 2.50. The monoisotopic (exact) mass is 292 g/mol. The Labute approximate surface area is 117 Å². The number of hydrogen-bond acceptors (Lipinski definition) is 4. The maximum Gasteiger partial charge on any atom is 0.279 e. The van der Waals surface area contributed by atoms with Gasteiger partial charge in [0.15, 0.2) is 0 Å². The zero-order valence-electron chi connectivity index (χ0n) is 12.3. The molecule has 19 heavy (non-hydrogen) atoms. The van der Waals surface area contributed by atoms with Crippen LogP contribution in [0.25, 0.3) is 0 Å². The highest BCUT2D eigenvalue weighted by Gasteiger charge is 2.29. The quantitative estimate of drug-likeness (QED) is 0.683. The Morgan fingerprint density at radius 2 is 2.16 bits per heavy atom. The van der Waals surface area contributed by atoms with Gasteiger partial charge in [-0.25, -0.2) is 0 Å². The van der Waals surface area contributed by atoms with Gasteiger partial charge < -0.3 is 10.6 Å². The molecular formula is C12H28N4O2S. The molecule has 0 amide bonds. The largest absolute Gasteiger partial charge is 0.330 e. The summed E-state index contributed by atoms with van der Waals surface area (Å²) in [5.74, 6) is 0.294. The number of nitrogens with zero attached hydrogens (tertiary/aromatic N) is 2. The normalized spacial score (nSPS) is 23.7. The van der Waals surface area contributed by atoms with Gasteiger partial charge in [0.05, 0.1) is 0 Å². The van der Waals surface area contributed by atoms with Crippen molar-refractivity contribution in [3.8, 4) is 0 Å². The molecular weight excluding hydrogens is 264 g/mol. The van der Waals surface area contributed by atoms with Crippen LogP contribution < -0.4 is 10.5 Å². The first-order chi connectivity index (χ1) is 8.85. The second-order valence-electron chi connectivity index (χ2n) is 5.72. The Hall–Kier alpha value is -0.210. The van der Waals surface area contributed by atoms with E-state index in [-0.39, 0.29) is 6.04 Å². The third-order valence-corrected chi connectivity index (χ3v) is 5.23. The van der Waals surface area contributed by atoms with E-state index >= 15 is 0 Å². The molecule has 3 N–H and O–H groups in total. The van der Waals surface area contributed by atoms with Crippen molar-refractivity contribution in [2.75, 3.05) is 40.3 Å². The summed E-state index contributed by atoms with van der Waals surface area (Å²) in [6, 6.07) is -0.0503. The number of nitrogens with two attached hydrogens (primary N) is 1. The van der Waals surface area contributed by atoms with Crippen LogP contribution in [0.5, 0.6) is 0 Å². The lowest BCUT2D eigenvalue weighted by molar-refractivity contribution is 0.266. The van der Waals surface area contributed by atoms with Gasteiger partial charge in [-0.2, -0.15) is 17.4 Å². The zero-order chi connectivity index (χ0) is 14.5. The number of rotatable bonds is 7. The lowest BCUT2D eigenvalue weighted by Gasteiger charge is -2.32. The third kappa shape index (κ3) is 5.74. The van der Waals surface area contributed by atoms with E-state index < -0.39 is 10.2 Å². The minimum Gasteiger partial charge on any atom is -0.330 e. The second-order valence-corrected chi connectivity index (χ2v) is 7.42. The van der Waals surface area contributed by atoms with E-state index in [0.717, 1.165) is 25.8 Å². The highest BCUT2D eigenvalue weighted by atomic mass is 32.2. The highest BCUT2D eigenvalue weighted by molar-refractivity contribution is 7.87. The predicted octanol–water partition coefficient (Wildman–Crippen LogP) is -0.168. The van der Waals surface area contributed by atoms with Crippen LogP contribution in [0.1, 0.15) is 26.2 Å². The summed E-state index contributed by atoms with van der Waals surface area (Å²) in [5, 5.41) is 0. The molecule has 0 aliphatic carbocycles. The molecule has 1 aliphatic rings. The van der Waals surface area contributed by atoms with Gasteiger partial charge in [-0.3, -0.25) is 0 Å². The van der Waals surface area contributed by atoms with Crippen LogP contribution in [0.4, 0.5) is 0 Å². The number of nitrogens with one attached hydrogen (secondary N) is 1. The van der Waals surface area contributed by atoms with E-state index in [1.54, 1.807) is 4.31 Å². The molecule has 2 atom stereocenters. The van der Waals surface area contributed by atoms with Gasteiger partial charge in [-0.05, 0) is 59.3 Å². The maximum atomic E-state index is 12.3. The standard InChI is InChI=1S/C12H28N4O2S/c1-11(6-8-15(2)3)14-19(17,18)16-7-4-5-12(9-13)10-16/h11-12,14H,4-10,13H2,1-3H3. The molecule has 7 heteroatoms. The summed E-state index contributed by atoms with van der Waals surface area (Å²) in [5.41, 5.74) is 5.64. The van der Waals surface area contributed by atoms with Gasteiger partial charge in [0, 0.05) is 19.1 Å². The third-order valence-electron chi connectivity index (χ3n) is 3.51. The molecule has 114 valence electrons. The Morgan fingerprint density at radius 3 is 2.74 bits per heavy atom. The second kappa shape index (κ2) is 7.54. The van der Waals surface area contributed by atoms with Gasteiger partial charge in [0.1, 0.15) is 0 Å². The summed E-state index contributed by atoms with van der Waals surface area (Å²) < 4.78 is 28.8. The molecule has 1 heterocycles. The van der Waals surface area contributed by atoms with Crippen LogP contribution in [0.15, 0.2) is 0 Å². The smallest absolute Gasteiger partial charge is 0.279 e. The molecule has 2 unspecified atom stereocenters. The average Bonchev–Trinajstić information content (AvgIpc) is 2.36. The number of piperidine rings is 1. The van der Waals surface area contributed by atoms with Gasteiger partial charge in [-0.15, -0.1) is 0 Å². The van der Waals surface area contributed by atoms with Gasteiger partial charge in [-0.1, -0.05) is 0 Å². The SMILES string of the molecule is CC(CCN(C)C)NS(=O)(=O)N1CCCC(CN)C1. The lowest BCUT2D eigenvalue weighted by atomic mass is 10.0. The van der Waals surface area contributed by atoms with Crippen LogP contribution in [0.3, 0.4) is 0 Å². The fourth-order valence-corrected chi connectivity index (χ4v) is 3.83. The van der Waals surface area contributed by atoms with Crippen molar-refractivity contribution >= 4 is 10.2 Å². The van der Waals surface area contributed by atoms with Crippen LogP contribution >= 0.6 is 0 Å². The fourth-order valence-electron chi connectivity index (χ4n) is 2.28. The minimum absolute atomic E-state index is 0.0503. The van der Waals surface area contributed by atoms with Crippen LogP contribution in [0, 0.1) is 5.92 Å². The van der Waals surface area contributed by atoms with Crippen molar-refractivity contribution in [2.45, 2.75) is 32.2 Å². The maximum absolute atomic E-state index is 12.3. The zero-order valence-corrected chi connectivity index (χ0v) is 13.1. The molecule has 1 fully saturated rings. The Kier molecular flexibility index (Phi) is 6.68. The van der Waals surface area contributed by atoms with Crippen molar-refractivity contribution in [2.24, 2.45) is 11.7 Å². The van der Waals surface area contributed by atoms with Crippen molar-refractivity contribution in [3.63, 3.8) is 0 Å².